The van der Waals surface area contributed by atoms with Crippen LogP contribution in [0.15, 0.2) is 18.6 Å². The molecule has 1 aromatic heterocycles. The maximum absolute atomic E-state index is 11.8. The first-order valence-electron chi connectivity index (χ1n) is 6.33. The van der Waals surface area contributed by atoms with Crippen LogP contribution in [0.25, 0.3) is 0 Å². The lowest BCUT2D eigenvalue weighted by Gasteiger charge is -2.36. The number of amides is 1. The summed E-state index contributed by atoms with van der Waals surface area (Å²) in [5.41, 5.74) is 5.47. The Kier molecular flexibility index (Phi) is 4.80. The van der Waals surface area contributed by atoms with Crippen molar-refractivity contribution < 1.29 is 9.53 Å². The largest absolute Gasteiger partial charge is 0.372 e. The minimum Gasteiger partial charge on any atom is -0.372 e. The van der Waals surface area contributed by atoms with Gasteiger partial charge < -0.3 is 9.64 Å². The normalized spacial score (nSPS) is 22.2. The molecule has 8 heteroatoms. The molecule has 2 atom stereocenters. The van der Waals surface area contributed by atoms with Crippen LogP contribution in [0.1, 0.15) is 24.3 Å². The average Bonchev–Trinajstić information content (AvgIpc) is 2.44. The number of carbonyl (C=O) groups is 1. The molecule has 20 heavy (non-hydrogen) atoms. The van der Waals surface area contributed by atoms with Gasteiger partial charge in [0.2, 0.25) is 0 Å². The van der Waals surface area contributed by atoms with Crippen LogP contribution in [-0.4, -0.2) is 51.2 Å². The fourth-order valence-electron chi connectivity index (χ4n) is 2.01. The zero-order chi connectivity index (χ0) is 14.5. The van der Waals surface area contributed by atoms with Crippen molar-refractivity contribution in [3.05, 3.63) is 24.3 Å². The molecule has 1 aromatic rings. The molecule has 0 aromatic carbocycles. The number of nitrogens with one attached hydrogen (secondary N) is 2. The zero-order valence-corrected chi connectivity index (χ0v) is 12.2. The fourth-order valence-corrected chi connectivity index (χ4v) is 2.21. The molecule has 2 N–H and O–H groups in total. The Balaban J connectivity index is 1.84. The minimum atomic E-state index is -0.380. The summed E-state index contributed by atoms with van der Waals surface area (Å²) in [5, 5.41) is 0.462. The van der Waals surface area contributed by atoms with Gasteiger partial charge in [-0.2, -0.15) is 0 Å². The number of hydrazine groups is 1. The Morgan fingerprint density at radius 3 is 2.65 bits per heavy atom. The van der Waals surface area contributed by atoms with Crippen LogP contribution in [-0.2, 0) is 4.74 Å². The Hall–Kier alpha value is -1.80. The van der Waals surface area contributed by atoms with E-state index in [1.807, 2.05) is 18.7 Å². The van der Waals surface area contributed by atoms with Crippen LogP contribution in [0, 0.1) is 0 Å². The molecule has 1 amide bonds. The molecule has 2 heterocycles. The lowest BCUT2D eigenvalue weighted by molar-refractivity contribution is -0.0483. The average molecular weight is 295 g/mol. The monoisotopic (exact) mass is 295 g/mol. The fraction of sp³-hybridized carbons (Fsp3) is 0.500. The van der Waals surface area contributed by atoms with Crippen molar-refractivity contribution in [3.63, 3.8) is 0 Å². The number of ether oxygens (including phenoxy) is 1. The van der Waals surface area contributed by atoms with Gasteiger partial charge in [0.25, 0.3) is 5.91 Å². The van der Waals surface area contributed by atoms with Gasteiger partial charge in [0, 0.05) is 25.5 Å². The first-order valence-corrected chi connectivity index (χ1v) is 6.74. The summed E-state index contributed by atoms with van der Waals surface area (Å²) in [6, 6.07) is 0. The van der Waals surface area contributed by atoms with Crippen LogP contribution >= 0.6 is 12.2 Å². The summed E-state index contributed by atoms with van der Waals surface area (Å²) in [7, 11) is 0. The minimum absolute atomic E-state index is 0.106. The van der Waals surface area contributed by atoms with Crippen LogP contribution in [0.5, 0.6) is 0 Å². The maximum Gasteiger partial charge on any atom is 0.289 e. The summed E-state index contributed by atoms with van der Waals surface area (Å²) in [5.74, 6) is -0.380. The lowest BCUT2D eigenvalue weighted by atomic mass is 10.2. The number of hydrogen-bond donors (Lipinski definition) is 2. The van der Waals surface area contributed by atoms with Crippen molar-refractivity contribution in [2.75, 3.05) is 13.1 Å². The standard InChI is InChI=1S/C12H17N5O2S/c1-8-6-17(7-9(2)19-8)12(20)16-15-11(18)10-5-13-3-4-14-10/h3-5,8-9H,6-7H2,1-2H3,(H,15,18)(H,16,20). The van der Waals surface area contributed by atoms with Gasteiger partial charge in [0.1, 0.15) is 5.69 Å². The van der Waals surface area contributed by atoms with E-state index in [1.54, 1.807) is 0 Å². The third-order valence-electron chi connectivity index (χ3n) is 2.79. The van der Waals surface area contributed by atoms with E-state index in [0.717, 1.165) is 0 Å². The van der Waals surface area contributed by atoms with Crippen molar-refractivity contribution >= 4 is 23.2 Å². The predicted molar refractivity (Wildman–Crippen MR) is 76.8 cm³/mol. The number of carbonyl (C=O) groups excluding carboxylic acids is 1. The molecule has 2 unspecified atom stereocenters. The summed E-state index contributed by atoms with van der Waals surface area (Å²) < 4.78 is 5.63. The number of aromatic nitrogens is 2. The van der Waals surface area contributed by atoms with Gasteiger partial charge in [0.15, 0.2) is 5.11 Å². The molecular formula is C12H17N5O2S. The molecule has 7 nitrogen and oxygen atoms in total. The molecular weight excluding hydrogens is 278 g/mol. The Bertz CT molecular complexity index is 474. The number of morpholine rings is 1. The highest BCUT2D eigenvalue weighted by Crippen LogP contribution is 2.10. The first kappa shape index (κ1) is 14.6. The van der Waals surface area contributed by atoms with E-state index in [-0.39, 0.29) is 23.8 Å². The number of hydrogen-bond acceptors (Lipinski definition) is 5. The van der Waals surface area contributed by atoms with Crippen LogP contribution in [0.3, 0.4) is 0 Å². The van der Waals surface area contributed by atoms with Crippen LogP contribution in [0.4, 0.5) is 0 Å². The second kappa shape index (κ2) is 6.58. The van der Waals surface area contributed by atoms with Gasteiger partial charge in [0.05, 0.1) is 18.4 Å². The summed E-state index contributed by atoms with van der Waals surface area (Å²) >= 11 is 5.26. The summed E-state index contributed by atoms with van der Waals surface area (Å²) in [6.07, 6.45) is 4.56. The highest BCUT2D eigenvalue weighted by Gasteiger charge is 2.24. The van der Waals surface area contributed by atoms with Crippen molar-refractivity contribution in [1.82, 2.24) is 25.7 Å². The molecule has 0 spiro atoms. The van der Waals surface area contributed by atoms with Crippen LogP contribution in [0.2, 0.25) is 0 Å². The van der Waals surface area contributed by atoms with Crippen molar-refractivity contribution in [1.29, 1.82) is 0 Å². The maximum atomic E-state index is 11.8. The van der Waals surface area contributed by atoms with Crippen LogP contribution < -0.4 is 10.9 Å². The Labute approximate surface area is 122 Å². The van der Waals surface area contributed by atoms with E-state index in [0.29, 0.717) is 18.2 Å². The first-order chi connectivity index (χ1) is 9.56. The SMILES string of the molecule is CC1CN(C(=S)NNC(=O)c2cnccn2)CC(C)O1. The van der Waals surface area contributed by atoms with Crippen molar-refractivity contribution in [2.45, 2.75) is 26.1 Å². The van der Waals surface area contributed by atoms with E-state index in [9.17, 15) is 4.79 Å². The third kappa shape index (κ3) is 3.84. The Morgan fingerprint density at radius 2 is 2.05 bits per heavy atom. The molecule has 0 aliphatic carbocycles. The Morgan fingerprint density at radius 1 is 1.35 bits per heavy atom. The van der Waals surface area contributed by atoms with E-state index in [2.05, 4.69) is 20.8 Å². The van der Waals surface area contributed by atoms with E-state index in [4.69, 9.17) is 17.0 Å². The third-order valence-corrected chi connectivity index (χ3v) is 3.15. The second-order valence-corrected chi connectivity index (χ2v) is 5.02. The number of nitrogens with zero attached hydrogens (tertiary/aromatic N) is 3. The van der Waals surface area contributed by atoms with Gasteiger partial charge >= 0.3 is 0 Å². The molecule has 1 aliphatic heterocycles. The molecule has 1 fully saturated rings. The molecule has 1 aliphatic rings. The number of rotatable bonds is 1. The predicted octanol–water partition coefficient (Wildman–Crippen LogP) is 0.105. The molecule has 0 bridgehead atoms. The molecule has 2 rings (SSSR count). The van der Waals surface area contributed by atoms with Crippen molar-refractivity contribution in [2.24, 2.45) is 0 Å². The number of thiocarbonyl (C=S) groups is 1. The summed E-state index contributed by atoms with van der Waals surface area (Å²) in [6.45, 7) is 5.36. The van der Waals surface area contributed by atoms with Gasteiger partial charge in [-0.25, -0.2) is 4.98 Å². The van der Waals surface area contributed by atoms with E-state index in [1.165, 1.54) is 18.6 Å². The van der Waals surface area contributed by atoms with Crippen molar-refractivity contribution in [3.8, 4) is 0 Å². The van der Waals surface area contributed by atoms with Gasteiger partial charge in [-0.1, -0.05) is 0 Å². The molecule has 0 radical (unpaired) electrons. The quantitative estimate of drug-likeness (QED) is 0.562. The van der Waals surface area contributed by atoms with Gasteiger partial charge in [-0.05, 0) is 26.1 Å². The highest BCUT2D eigenvalue weighted by molar-refractivity contribution is 7.80. The second-order valence-electron chi connectivity index (χ2n) is 4.64. The van der Waals surface area contributed by atoms with E-state index < -0.39 is 0 Å². The van der Waals surface area contributed by atoms with Gasteiger partial charge in [-0.3, -0.25) is 20.6 Å². The molecule has 108 valence electrons. The van der Waals surface area contributed by atoms with Gasteiger partial charge in [-0.15, -0.1) is 0 Å². The lowest BCUT2D eigenvalue weighted by Crippen LogP contribution is -2.55. The summed E-state index contributed by atoms with van der Waals surface area (Å²) in [4.78, 5) is 21.5. The zero-order valence-electron chi connectivity index (χ0n) is 11.4. The smallest absolute Gasteiger partial charge is 0.289 e. The van der Waals surface area contributed by atoms with E-state index >= 15 is 0 Å². The highest BCUT2D eigenvalue weighted by atomic mass is 32.1. The molecule has 1 saturated heterocycles. The molecule has 0 saturated carbocycles. The topological polar surface area (TPSA) is 79.4 Å².